The lowest BCUT2D eigenvalue weighted by atomic mass is 9.84. The average molecular weight is 220 g/mol. The van der Waals surface area contributed by atoms with Crippen molar-refractivity contribution in [3.63, 3.8) is 0 Å². The van der Waals surface area contributed by atoms with Gasteiger partial charge in [-0.1, -0.05) is 13.8 Å². The Morgan fingerprint density at radius 2 is 1.27 bits per heavy atom. The fourth-order valence-electron chi connectivity index (χ4n) is 1.41. The van der Waals surface area contributed by atoms with Crippen LogP contribution in [0.5, 0.6) is 0 Å². The van der Waals surface area contributed by atoms with Crippen LogP contribution in [0.2, 0.25) is 0 Å². The van der Waals surface area contributed by atoms with Crippen molar-refractivity contribution in [3.8, 4) is 0 Å². The van der Waals surface area contributed by atoms with E-state index in [4.69, 9.17) is 19.7 Å². The molecule has 0 amide bonds. The first-order chi connectivity index (χ1) is 7.24. The minimum atomic E-state index is 0.0182. The molecule has 4 nitrogen and oxygen atoms in total. The predicted molar refractivity (Wildman–Crippen MR) is 58.8 cm³/mol. The van der Waals surface area contributed by atoms with Gasteiger partial charge in [-0.2, -0.15) is 0 Å². The number of rotatable bonds is 10. The molecule has 0 aliphatic heterocycles. The van der Waals surface area contributed by atoms with E-state index >= 15 is 0 Å². The Kier molecular flexibility index (Phi) is 9.00. The van der Waals surface area contributed by atoms with Crippen LogP contribution in [0.25, 0.3) is 0 Å². The highest BCUT2D eigenvalue weighted by Crippen LogP contribution is 2.27. The van der Waals surface area contributed by atoms with E-state index < -0.39 is 0 Å². The van der Waals surface area contributed by atoms with Crippen molar-refractivity contribution in [1.29, 1.82) is 0 Å². The molecule has 0 aromatic rings. The van der Waals surface area contributed by atoms with E-state index in [0.29, 0.717) is 26.4 Å². The molecular formula is C11H24O4. The lowest BCUT2D eigenvalue weighted by Gasteiger charge is -2.31. The first-order valence-electron chi connectivity index (χ1n) is 5.62. The van der Waals surface area contributed by atoms with Crippen LogP contribution in [0.3, 0.4) is 0 Å². The summed E-state index contributed by atoms with van der Waals surface area (Å²) in [6, 6.07) is 0. The zero-order valence-corrected chi connectivity index (χ0v) is 9.87. The standard InChI is InChI=1S/C11H24O4/c1-3-11(4-2,9-14-7-5-12)10-15-8-6-13/h12-13H,3-10H2,1-2H3. The van der Waals surface area contributed by atoms with Gasteiger partial charge < -0.3 is 19.7 Å². The molecule has 0 aliphatic carbocycles. The molecule has 0 aromatic heterocycles. The van der Waals surface area contributed by atoms with E-state index in [1.54, 1.807) is 0 Å². The highest BCUT2D eigenvalue weighted by atomic mass is 16.5. The van der Waals surface area contributed by atoms with Crippen molar-refractivity contribution in [2.24, 2.45) is 5.41 Å². The summed E-state index contributed by atoms with van der Waals surface area (Å²) in [5, 5.41) is 17.3. The molecule has 0 bridgehead atoms. The van der Waals surface area contributed by atoms with Gasteiger partial charge in [0.25, 0.3) is 0 Å². The summed E-state index contributed by atoms with van der Waals surface area (Å²) in [6.45, 7) is 6.28. The van der Waals surface area contributed by atoms with Crippen LogP contribution in [0.4, 0.5) is 0 Å². The van der Waals surface area contributed by atoms with E-state index in [1.165, 1.54) is 0 Å². The number of aliphatic hydroxyl groups excluding tert-OH is 2. The number of hydrogen-bond acceptors (Lipinski definition) is 4. The molecule has 0 unspecified atom stereocenters. The van der Waals surface area contributed by atoms with Crippen LogP contribution in [0.15, 0.2) is 0 Å². The lowest BCUT2D eigenvalue weighted by molar-refractivity contribution is -0.0397. The summed E-state index contributed by atoms with van der Waals surface area (Å²) in [5.74, 6) is 0. The molecule has 0 saturated heterocycles. The van der Waals surface area contributed by atoms with Gasteiger partial charge in [0.2, 0.25) is 0 Å². The molecular weight excluding hydrogens is 196 g/mol. The normalized spacial score (nSPS) is 12.0. The maximum atomic E-state index is 8.63. The molecule has 0 rings (SSSR count). The van der Waals surface area contributed by atoms with Gasteiger partial charge in [0.05, 0.1) is 39.6 Å². The second kappa shape index (κ2) is 9.09. The van der Waals surface area contributed by atoms with E-state index in [2.05, 4.69) is 13.8 Å². The van der Waals surface area contributed by atoms with Gasteiger partial charge in [-0.05, 0) is 12.8 Å². The van der Waals surface area contributed by atoms with Crippen molar-refractivity contribution >= 4 is 0 Å². The highest BCUT2D eigenvalue weighted by Gasteiger charge is 2.26. The summed E-state index contributed by atoms with van der Waals surface area (Å²) >= 11 is 0. The summed E-state index contributed by atoms with van der Waals surface area (Å²) in [6.07, 6.45) is 1.95. The Morgan fingerprint density at radius 1 is 0.867 bits per heavy atom. The fraction of sp³-hybridized carbons (Fsp3) is 1.00. The molecule has 2 N–H and O–H groups in total. The lowest BCUT2D eigenvalue weighted by Crippen LogP contribution is -2.32. The Bertz CT molecular complexity index is 123. The molecule has 0 spiro atoms. The Hall–Kier alpha value is -0.160. The SMILES string of the molecule is CCC(CC)(COCCO)COCCO. The van der Waals surface area contributed by atoms with Crippen molar-refractivity contribution in [3.05, 3.63) is 0 Å². The zero-order chi connectivity index (χ0) is 11.6. The van der Waals surface area contributed by atoms with Crippen LogP contribution < -0.4 is 0 Å². The van der Waals surface area contributed by atoms with Crippen molar-refractivity contribution in [2.45, 2.75) is 26.7 Å². The zero-order valence-electron chi connectivity index (χ0n) is 9.87. The van der Waals surface area contributed by atoms with Crippen LogP contribution in [-0.2, 0) is 9.47 Å². The van der Waals surface area contributed by atoms with Gasteiger partial charge in [-0.15, -0.1) is 0 Å². The summed E-state index contributed by atoms with van der Waals surface area (Å²) in [4.78, 5) is 0. The topological polar surface area (TPSA) is 58.9 Å². The molecule has 0 saturated carbocycles. The molecule has 0 aliphatic rings. The summed E-state index contributed by atoms with van der Waals surface area (Å²) in [5.41, 5.74) is 0.0182. The summed E-state index contributed by atoms with van der Waals surface area (Å²) in [7, 11) is 0. The van der Waals surface area contributed by atoms with Crippen molar-refractivity contribution < 1.29 is 19.7 Å². The van der Waals surface area contributed by atoms with Gasteiger partial charge in [0, 0.05) is 5.41 Å². The molecule has 0 fully saturated rings. The van der Waals surface area contributed by atoms with Gasteiger partial charge in [-0.3, -0.25) is 0 Å². The third kappa shape index (κ3) is 6.10. The van der Waals surface area contributed by atoms with Crippen LogP contribution in [0.1, 0.15) is 26.7 Å². The monoisotopic (exact) mass is 220 g/mol. The van der Waals surface area contributed by atoms with E-state index in [0.717, 1.165) is 12.8 Å². The molecule has 0 atom stereocenters. The fourth-order valence-corrected chi connectivity index (χ4v) is 1.41. The Balaban J connectivity index is 3.93. The Morgan fingerprint density at radius 3 is 1.53 bits per heavy atom. The summed E-state index contributed by atoms with van der Waals surface area (Å²) < 4.78 is 10.7. The Labute approximate surface area is 92.2 Å². The second-order valence-corrected chi connectivity index (χ2v) is 3.76. The van der Waals surface area contributed by atoms with Gasteiger partial charge in [0.15, 0.2) is 0 Å². The number of hydrogen-bond donors (Lipinski definition) is 2. The molecule has 92 valence electrons. The quantitative estimate of drug-likeness (QED) is 0.535. The maximum Gasteiger partial charge on any atom is 0.0698 e. The van der Waals surface area contributed by atoms with Crippen LogP contribution >= 0.6 is 0 Å². The van der Waals surface area contributed by atoms with Gasteiger partial charge >= 0.3 is 0 Å². The molecule has 0 heterocycles. The predicted octanol–water partition coefficient (Wildman–Crippen LogP) is 0.811. The molecule has 4 heteroatoms. The third-order valence-corrected chi connectivity index (χ3v) is 2.79. The molecule has 0 aromatic carbocycles. The van der Waals surface area contributed by atoms with Crippen LogP contribution in [0, 0.1) is 5.41 Å². The third-order valence-electron chi connectivity index (χ3n) is 2.79. The minimum Gasteiger partial charge on any atom is -0.394 e. The first kappa shape index (κ1) is 14.8. The van der Waals surface area contributed by atoms with Crippen LogP contribution in [-0.4, -0.2) is 49.9 Å². The molecule has 0 radical (unpaired) electrons. The second-order valence-electron chi connectivity index (χ2n) is 3.76. The van der Waals surface area contributed by atoms with Crippen molar-refractivity contribution in [2.75, 3.05) is 39.6 Å². The largest absolute Gasteiger partial charge is 0.394 e. The minimum absolute atomic E-state index is 0.0182. The average Bonchev–Trinajstić information content (AvgIpc) is 2.28. The molecule has 15 heavy (non-hydrogen) atoms. The highest BCUT2D eigenvalue weighted by molar-refractivity contribution is 4.75. The smallest absolute Gasteiger partial charge is 0.0698 e. The number of ether oxygens (including phenoxy) is 2. The first-order valence-corrected chi connectivity index (χ1v) is 5.62. The van der Waals surface area contributed by atoms with Crippen molar-refractivity contribution in [1.82, 2.24) is 0 Å². The van der Waals surface area contributed by atoms with E-state index in [-0.39, 0.29) is 18.6 Å². The maximum absolute atomic E-state index is 8.63. The van der Waals surface area contributed by atoms with E-state index in [1.807, 2.05) is 0 Å². The van der Waals surface area contributed by atoms with Gasteiger partial charge in [0.1, 0.15) is 0 Å². The van der Waals surface area contributed by atoms with E-state index in [9.17, 15) is 0 Å². The number of aliphatic hydroxyl groups is 2. The van der Waals surface area contributed by atoms with Gasteiger partial charge in [-0.25, -0.2) is 0 Å².